The Hall–Kier alpha value is -1.95. The van der Waals surface area contributed by atoms with Crippen molar-refractivity contribution in [3.63, 3.8) is 0 Å². The first kappa shape index (κ1) is 22.7. The first-order valence-electron chi connectivity index (χ1n) is 9.82. The molecule has 5 nitrogen and oxygen atoms in total. The van der Waals surface area contributed by atoms with E-state index in [1.165, 1.54) is 6.07 Å². The first-order valence-corrected chi connectivity index (χ1v) is 11.0. The topological polar surface area (TPSA) is 52.7 Å². The Balaban J connectivity index is 1.66. The molecule has 0 saturated carbocycles. The largest absolute Gasteiger partial charge is 0.367 e. The zero-order valence-corrected chi connectivity index (χ0v) is 19.1. The minimum absolute atomic E-state index is 0.0749. The second-order valence-electron chi connectivity index (χ2n) is 7.58. The van der Waals surface area contributed by atoms with Gasteiger partial charge in [-0.2, -0.15) is 0 Å². The minimum atomic E-state index is -0.642. The normalized spacial score (nSPS) is 15.3. The highest BCUT2D eigenvalue weighted by Gasteiger charge is 2.31. The summed E-state index contributed by atoms with van der Waals surface area (Å²) in [5.74, 6) is -0.560. The second-order valence-corrected chi connectivity index (χ2v) is 8.83. The summed E-state index contributed by atoms with van der Waals surface area (Å²) in [6.45, 7) is 6.29. The Morgan fingerprint density at radius 2 is 1.60 bits per heavy atom. The molecule has 1 heterocycles. The lowest BCUT2D eigenvalue weighted by molar-refractivity contribution is -0.134. The van der Waals surface area contributed by atoms with Crippen molar-refractivity contribution < 1.29 is 9.59 Å². The van der Waals surface area contributed by atoms with Crippen molar-refractivity contribution in [2.45, 2.75) is 19.9 Å². The highest BCUT2D eigenvalue weighted by atomic mass is 35.5. The van der Waals surface area contributed by atoms with Crippen LogP contribution in [0.4, 0.5) is 5.69 Å². The second kappa shape index (κ2) is 9.90. The molecule has 2 amide bonds. The maximum atomic E-state index is 13.2. The van der Waals surface area contributed by atoms with Crippen molar-refractivity contribution in [3.8, 4) is 0 Å². The molecular weight excluding hydrogens is 445 g/mol. The molecule has 0 bridgehead atoms. The third kappa shape index (κ3) is 5.20. The van der Waals surface area contributed by atoms with E-state index in [1.54, 1.807) is 17.0 Å². The zero-order valence-electron chi connectivity index (χ0n) is 16.9. The smallest absolute Gasteiger partial charge is 0.253 e. The number of anilines is 1. The van der Waals surface area contributed by atoms with E-state index >= 15 is 0 Å². The van der Waals surface area contributed by atoms with E-state index in [9.17, 15) is 9.59 Å². The number of benzene rings is 2. The van der Waals surface area contributed by atoms with Crippen LogP contribution in [0.5, 0.6) is 0 Å². The number of nitrogens with zero attached hydrogens (tertiary/aromatic N) is 2. The van der Waals surface area contributed by atoms with Crippen molar-refractivity contribution in [2.24, 2.45) is 5.92 Å². The Bertz CT molecular complexity index is 928. The van der Waals surface area contributed by atoms with Crippen molar-refractivity contribution in [1.29, 1.82) is 0 Å². The van der Waals surface area contributed by atoms with Crippen LogP contribution in [-0.4, -0.2) is 48.9 Å². The molecule has 8 heteroatoms. The summed E-state index contributed by atoms with van der Waals surface area (Å²) in [5, 5.41) is 4.25. The molecule has 1 unspecified atom stereocenters. The van der Waals surface area contributed by atoms with Crippen molar-refractivity contribution in [1.82, 2.24) is 10.2 Å². The van der Waals surface area contributed by atoms with E-state index < -0.39 is 11.9 Å². The number of carbonyl (C=O) groups excluding carboxylic acids is 2. The van der Waals surface area contributed by atoms with Gasteiger partial charge in [-0.25, -0.2) is 0 Å². The quantitative estimate of drug-likeness (QED) is 0.689. The molecule has 1 N–H and O–H groups in total. The molecular formula is C22H24Cl3N3O2. The molecule has 0 aromatic heterocycles. The molecule has 30 heavy (non-hydrogen) atoms. The molecule has 1 fully saturated rings. The monoisotopic (exact) mass is 467 g/mol. The van der Waals surface area contributed by atoms with Gasteiger partial charge in [0.2, 0.25) is 5.91 Å². The summed E-state index contributed by atoms with van der Waals surface area (Å²) >= 11 is 18.4. The average Bonchev–Trinajstić information content (AvgIpc) is 2.71. The van der Waals surface area contributed by atoms with E-state index in [2.05, 4.69) is 10.2 Å². The fourth-order valence-corrected chi connectivity index (χ4v) is 4.23. The number of para-hydroxylation sites is 1. The number of halogens is 3. The Labute approximate surface area is 191 Å². The predicted molar refractivity (Wildman–Crippen MR) is 123 cm³/mol. The lowest BCUT2D eigenvalue weighted by atomic mass is 10.0. The Kier molecular flexibility index (Phi) is 7.50. The number of carbonyl (C=O) groups is 2. The molecule has 0 aliphatic carbocycles. The summed E-state index contributed by atoms with van der Waals surface area (Å²) < 4.78 is 0. The number of hydrogen-bond acceptors (Lipinski definition) is 3. The van der Waals surface area contributed by atoms with E-state index in [0.29, 0.717) is 41.8 Å². The molecule has 3 rings (SSSR count). The average molecular weight is 469 g/mol. The number of hydrogen-bond donors (Lipinski definition) is 1. The number of amides is 2. The van der Waals surface area contributed by atoms with Crippen molar-refractivity contribution in [3.05, 3.63) is 63.1 Å². The van der Waals surface area contributed by atoms with E-state index in [-0.39, 0.29) is 16.8 Å². The molecule has 1 atom stereocenters. The maximum Gasteiger partial charge on any atom is 0.253 e. The zero-order chi connectivity index (χ0) is 21.8. The highest BCUT2D eigenvalue weighted by Crippen LogP contribution is 2.26. The SMILES string of the molecule is CC(C)C(NC(=O)c1ccc(Cl)cc1Cl)C(=O)N1CCN(c2ccccc2Cl)CC1. The van der Waals surface area contributed by atoms with Crippen LogP contribution in [0, 0.1) is 5.92 Å². The molecule has 1 aliphatic heterocycles. The van der Waals surface area contributed by atoms with Crippen molar-refractivity contribution in [2.75, 3.05) is 31.1 Å². The minimum Gasteiger partial charge on any atom is -0.367 e. The Morgan fingerprint density at radius 3 is 2.20 bits per heavy atom. The van der Waals surface area contributed by atoms with Gasteiger partial charge in [-0.15, -0.1) is 0 Å². The lowest BCUT2D eigenvalue weighted by Crippen LogP contribution is -2.56. The third-order valence-corrected chi connectivity index (χ3v) is 6.05. The first-order chi connectivity index (χ1) is 14.3. The van der Waals surface area contributed by atoms with Crippen LogP contribution in [0.25, 0.3) is 0 Å². The standard InChI is InChI=1S/C22H24Cl3N3O2/c1-14(2)20(26-21(29)16-8-7-15(23)13-18(16)25)22(30)28-11-9-27(10-12-28)19-6-4-3-5-17(19)24/h3-8,13-14,20H,9-12H2,1-2H3,(H,26,29). The highest BCUT2D eigenvalue weighted by molar-refractivity contribution is 6.36. The van der Waals surface area contributed by atoms with Gasteiger partial charge in [-0.05, 0) is 36.2 Å². The predicted octanol–water partition coefficient (Wildman–Crippen LogP) is 4.75. The fraction of sp³-hybridized carbons (Fsp3) is 0.364. The summed E-state index contributed by atoms with van der Waals surface area (Å²) in [4.78, 5) is 29.9. The van der Waals surface area contributed by atoms with Crippen LogP contribution in [0.15, 0.2) is 42.5 Å². The van der Waals surface area contributed by atoms with Gasteiger partial charge >= 0.3 is 0 Å². The van der Waals surface area contributed by atoms with Crippen LogP contribution < -0.4 is 10.2 Å². The molecule has 1 saturated heterocycles. The van der Waals surface area contributed by atoms with E-state index in [4.69, 9.17) is 34.8 Å². The van der Waals surface area contributed by atoms with E-state index in [0.717, 1.165) is 5.69 Å². The van der Waals surface area contributed by atoms with Crippen LogP contribution in [0.2, 0.25) is 15.1 Å². The van der Waals surface area contributed by atoms with Gasteiger partial charge in [0.25, 0.3) is 5.91 Å². The fourth-order valence-electron chi connectivity index (χ4n) is 3.48. The third-order valence-electron chi connectivity index (χ3n) is 5.18. The van der Waals surface area contributed by atoms with Crippen LogP contribution in [-0.2, 0) is 4.79 Å². The maximum absolute atomic E-state index is 13.2. The summed E-state index contributed by atoms with van der Waals surface area (Å²) in [6, 6.07) is 11.7. The molecule has 0 radical (unpaired) electrons. The molecule has 1 aliphatic rings. The van der Waals surface area contributed by atoms with Crippen LogP contribution >= 0.6 is 34.8 Å². The molecule has 2 aromatic carbocycles. The van der Waals surface area contributed by atoms with Gasteiger partial charge in [0.05, 0.1) is 21.3 Å². The van der Waals surface area contributed by atoms with Gasteiger partial charge in [-0.3, -0.25) is 9.59 Å². The number of piperazine rings is 1. The lowest BCUT2D eigenvalue weighted by Gasteiger charge is -2.38. The number of rotatable bonds is 5. The summed E-state index contributed by atoms with van der Waals surface area (Å²) in [6.07, 6.45) is 0. The van der Waals surface area contributed by atoms with Crippen LogP contribution in [0.1, 0.15) is 24.2 Å². The van der Waals surface area contributed by atoms with Gasteiger partial charge in [0.15, 0.2) is 0 Å². The summed E-state index contributed by atoms with van der Waals surface area (Å²) in [7, 11) is 0. The molecule has 160 valence electrons. The van der Waals surface area contributed by atoms with Gasteiger partial charge in [-0.1, -0.05) is 60.8 Å². The number of nitrogens with one attached hydrogen (secondary N) is 1. The van der Waals surface area contributed by atoms with Gasteiger partial charge < -0.3 is 15.1 Å². The Morgan fingerprint density at radius 1 is 0.933 bits per heavy atom. The van der Waals surface area contributed by atoms with Gasteiger partial charge in [0, 0.05) is 31.2 Å². The van der Waals surface area contributed by atoms with Crippen molar-refractivity contribution >= 4 is 52.3 Å². The van der Waals surface area contributed by atoms with Gasteiger partial charge in [0.1, 0.15) is 6.04 Å². The van der Waals surface area contributed by atoms with Crippen LogP contribution in [0.3, 0.4) is 0 Å². The van der Waals surface area contributed by atoms with E-state index in [1.807, 2.05) is 38.1 Å². The molecule has 2 aromatic rings. The summed E-state index contributed by atoms with van der Waals surface area (Å²) in [5.41, 5.74) is 1.26. The molecule has 0 spiro atoms.